The van der Waals surface area contributed by atoms with Crippen LogP contribution >= 0.6 is 0 Å². The van der Waals surface area contributed by atoms with Crippen molar-refractivity contribution >= 4 is 0 Å². The summed E-state index contributed by atoms with van der Waals surface area (Å²) >= 11 is 0. The Kier molecular flexibility index (Phi) is 2.35. The average molecular weight is 202 g/mol. The van der Waals surface area contributed by atoms with Crippen molar-refractivity contribution < 1.29 is 31.4 Å². The van der Waals surface area contributed by atoms with Crippen LogP contribution in [-0.2, 0) is 0 Å². The Morgan fingerprint density at radius 2 is 0.923 bits per heavy atom. The first kappa shape index (κ1) is 9.69. The second-order valence-electron chi connectivity index (χ2n) is 1.98. The summed E-state index contributed by atoms with van der Waals surface area (Å²) in [4.78, 5) is 2.50. The molecule has 0 saturated heterocycles. The molecular weight excluding hydrogens is 202 g/mol. The number of halogens is 6. The fourth-order valence-corrected chi connectivity index (χ4v) is 0.652. The van der Waals surface area contributed by atoms with E-state index in [9.17, 15) is 26.5 Å². The van der Waals surface area contributed by atoms with E-state index in [4.69, 9.17) is 0 Å². The Morgan fingerprint density at radius 3 is 1.23 bits per heavy atom. The number of hydrogen-bond acceptors (Lipinski definition) is 1. The molecule has 0 aliphatic rings. The topological polar surface area (TPSA) is 9.23 Å². The van der Waals surface area contributed by atoms with Crippen LogP contribution in [0.5, 0.6) is 5.75 Å². The van der Waals surface area contributed by atoms with Gasteiger partial charge >= 0.3 is 0 Å². The van der Waals surface area contributed by atoms with Crippen LogP contribution in [0.4, 0.5) is 26.5 Å². The van der Waals surface area contributed by atoms with Crippen molar-refractivity contribution in [2.24, 2.45) is 0 Å². The molecule has 0 spiro atoms. The van der Waals surface area contributed by atoms with Crippen molar-refractivity contribution in [2.45, 2.75) is 0 Å². The van der Waals surface area contributed by atoms with Gasteiger partial charge in [0.1, 0.15) is 0 Å². The predicted octanol–water partition coefficient (Wildman–Crippen LogP) is 2.65. The Bertz CT molecular complexity index is 320. The summed E-state index contributed by atoms with van der Waals surface area (Å²) in [7, 11) is 0. The fourth-order valence-electron chi connectivity index (χ4n) is 0.652. The van der Waals surface area contributed by atoms with Gasteiger partial charge in [-0.1, -0.05) is 0 Å². The summed E-state index contributed by atoms with van der Waals surface area (Å²) in [5.41, 5.74) is 0. The predicted molar refractivity (Wildman–Crippen MR) is 28.0 cm³/mol. The SMILES string of the molecule is FOc1c(F)c(F)c(F)c(F)c1F. The molecule has 0 aliphatic heterocycles. The molecule has 0 atom stereocenters. The molecule has 0 aromatic heterocycles. The van der Waals surface area contributed by atoms with E-state index in [1.165, 1.54) is 0 Å². The lowest BCUT2D eigenvalue weighted by Gasteiger charge is -2.02. The number of benzene rings is 1. The van der Waals surface area contributed by atoms with Gasteiger partial charge < -0.3 is 0 Å². The largest absolute Gasteiger partial charge is 0.288 e. The minimum Gasteiger partial charge on any atom is -0.288 e. The summed E-state index contributed by atoms with van der Waals surface area (Å²) in [6.45, 7) is 0. The fraction of sp³-hybridized carbons (Fsp3) is 0. The lowest BCUT2D eigenvalue weighted by atomic mass is 10.3. The maximum absolute atomic E-state index is 12.3. The third-order valence-electron chi connectivity index (χ3n) is 1.25. The highest BCUT2D eigenvalue weighted by Crippen LogP contribution is 2.28. The molecule has 0 aliphatic carbocycles. The number of rotatable bonds is 1. The quantitative estimate of drug-likeness (QED) is 0.386. The van der Waals surface area contributed by atoms with Crippen LogP contribution in [0.2, 0.25) is 0 Å². The van der Waals surface area contributed by atoms with Gasteiger partial charge in [-0.15, -0.1) is 0 Å². The molecular formula is C6F6O. The van der Waals surface area contributed by atoms with Crippen molar-refractivity contribution in [1.82, 2.24) is 0 Å². The molecule has 0 saturated carbocycles. The lowest BCUT2D eigenvalue weighted by Crippen LogP contribution is -2.02. The van der Waals surface area contributed by atoms with Gasteiger partial charge in [-0.25, -0.2) is 13.2 Å². The summed E-state index contributed by atoms with van der Waals surface area (Å²) in [6, 6.07) is 0. The molecule has 0 bridgehead atoms. The van der Waals surface area contributed by atoms with Gasteiger partial charge in [-0.3, -0.25) is 4.94 Å². The van der Waals surface area contributed by atoms with Crippen molar-refractivity contribution in [3.8, 4) is 5.75 Å². The molecule has 1 nitrogen and oxygen atoms in total. The summed E-state index contributed by atoms with van der Waals surface area (Å²) < 4.78 is 72.5. The molecule has 0 heterocycles. The Labute approximate surface area is 67.4 Å². The summed E-state index contributed by atoms with van der Waals surface area (Å²) in [6.07, 6.45) is 0. The Hall–Kier alpha value is -1.40. The van der Waals surface area contributed by atoms with E-state index in [1.54, 1.807) is 0 Å². The molecule has 1 rings (SSSR count). The Balaban J connectivity index is 3.56. The average Bonchev–Trinajstić information content (AvgIpc) is 2.13. The number of hydrogen-bond donors (Lipinski definition) is 0. The zero-order valence-electron chi connectivity index (χ0n) is 5.68. The van der Waals surface area contributed by atoms with Gasteiger partial charge in [0, 0.05) is 4.53 Å². The second-order valence-corrected chi connectivity index (χ2v) is 1.98. The van der Waals surface area contributed by atoms with E-state index in [0.29, 0.717) is 0 Å². The van der Waals surface area contributed by atoms with E-state index in [0.717, 1.165) is 0 Å². The van der Waals surface area contributed by atoms with Gasteiger partial charge in [0.15, 0.2) is 0 Å². The maximum Gasteiger partial charge on any atom is 0.249 e. The van der Waals surface area contributed by atoms with Crippen molar-refractivity contribution in [2.75, 3.05) is 0 Å². The molecule has 13 heavy (non-hydrogen) atoms. The van der Waals surface area contributed by atoms with Gasteiger partial charge in [0.25, 0.3) is 0 Å². The first-order valence-corrected chi connectivity index (χ1v) is 2.80. The maximum atomic E-state index is 12.3. The Morgan fingerprint density at radius 1 is 0.615 bits per heavy atom. The van der Waals surface area contributed by atoms with Crippen LogP contribution in [0.1, 0.15) is 0 Å². The van der Waals surface area contributed by atoms with Crippen LogP contribution in [-0.4, -0.2) is 0 Å². The summed E-state index contributed by atoms with van der Waals surface area (Å²) in [5.74, 6) is -13.5. The smallest absolute Gasteiger partial charge is 0.249 e. The van der Waals surface area contributed by atoms with Crippen LogP contribution in [0, 0.1) is 29.1 Å². The van der Waals surface area contributed by atoms with Crippen molar-refractivity contribution in [3.05, 3.63) is 29.1 Å². The molecule has 0 radical (unpaired) electrons. The van der Waals surface area contributed by atoms with Gasteiger partial charge in [-0.05, 0) is 0 Å². The van der Waals surface area contributed by atoms with Crippen molar-refractivity contribution in [3.63, 3.8) is 0 Å². The molecule has 0 fully saturated rings. The van der Waals surface area contributed by atoms with E-state index < -0.39 is 34.8 Å². The molecule has 0 N–H and O–H groups in total. The standard InChI is InChI=1S/C6F6O/c7-1-2(8)4(10)6(13-12)5(11)3(1)9. The zero-order chi connectivity index (χ0) is 10.2. The van der Waals surface area contributed by atoms with E-state index in [1.807, 2.05) is 0 Å². The minimum atomic E-state index is -2.36. The van der Waals surface area contributed by atoms with Crippen LogP contribution in [0.15, 0.2) is 0 Å². The molecule has 1 aromatic rings. The minimum absolute atomic E-state index is 1.95. The van der Waals surface area contributed by atoms with Crippen molar-refractivity contribution in [1.29, 1.82) is 0 Å². The first-order chi connectivity index (χ1) is 6.00. The normalized spacial score (nSPS) is 10.3. The van der Waals surface area contributed by atoms with Crippen LogP contribution in [0.25, 0.3) is 0 Å². The molecule has 72 valence electrons. The molecule has 0 unspecified atom stereocenters. The molecule has 0 amide bonds. The van der Waals surface area contributed by atoms with Gasteiger partial charge in [-0.2, -0.15) is 8.78 Å². The lowest BCUT2D eigenvalue weighted by molar-refractivity contribution is -0.0173. The van der Waals surface area contributed by atoms with E-state index in [-0.39, 0.29) is 0 Å². The van der Waals surface area contributed by atoms with E-state index >= 15 is 0 Å². The molecule has 1 aromatic carbocycles. The monoisotopic (exact) mass is 202 g/mol. The van der Waals surface area contributed by atoms with Gasteiger partial charge in [0.2, 0.25) is 34.8 Å². The molecule has 7 heteroatoms. The highest BCUT2D eigenvalue weighted by molar-refractivity contribution is 5.29. The zero-order valence-corrected chi connectivity index (χ0v) is 5.68. The third kappa shape index (κ3) is 1.30. The van der Waals surface area contributed by atoms with Gasteiger partial charge in [0.05, 0.1) is 0 Å². The third-order valence-corrected chi connectivity index (χ3v) is 1.25. The highest BCUT2D eigenvalue weighted by Gasteiger charge is 2.27. The highest BCUT2D eigenvalue weighted by atomic mass is 19.3. The first-order valence-electron chi connectivity index (χ1n) is 2.80. The summed E-state index contributed by atoms with van der Waals surface area (Å²) in [5, 5.41) is 0. The van der Waals surface area contributed by atoms with Crippen LogP contribution in [0.3, 0.4) is 0 Å². The van der Waals surface area contributed by atoms with E-state index in [2.05, 4.69) is 4.94 Å². The second kappa shape index (κ2) is 3.15. The van der Waals surface area contributed by atoms with Crippen LogP contribution < -0.4 is 4.94 Å².